The molecule has 0 fully saturated rings. The molecule has 0 saturated heterocycles. The van der Waals surface area contributed by atoms with E-state index in [1.165, 1.54) is 18.0 Å². The number of benzene rings is 1. The van der Waals surface area contributed by atoms with E-state index in [9.17, 15) is 8.42 Å². The summed E-state index contributed by atoms with van der Waals surface area (Å²) in [5.41, 5.74) is 2.18. The van der Waals surface area contributed by atoms with Crippen LogP contribution in [0, 0.1) is 13.8 Å². The van der Waals surface area contributed by atoms with Gasteiger partial charge in [0.05, 0.1) is 4.90 Å². The SMILES string of the molecule is CSc1c(S(C)(=O)=O)ccc(C)c1C. The second kappa shape index (κ2) is 3.95. The average Bonchev–Trinajstić information content (AvgIpc) is 2.07. The Bertz CT molecular complexity index is 447. The minimum Gasteiger partial charge on any atom is -0.224 e. The van der Waals surface area contributed by atoms with Gasteiger partial charge in [-0.05, 0) is 37.3 Å². The van der Waals surface area contributed by atoms with Crippen LogP contribution in [0.2, 0.25) is 0 Å². The van der Waals surface area contributed by atoms with E-state index in [0.717, 1.165) is 16.0 Å². The number of rotatable bonds is 2. The summed E-state index contributed by atoms with van der Waals surface area (Å²) in [4.78, 5) is 1.31. The molecule has 1 aromatic rings. The predicted molar refractivity (Wildman–Crippen MR) is 60.8 cm³/mol. The number of sulfone groups is 1. The molecule has 1 rings (SSSR count). The molecule has 78 valence electrons. The second-order valence-electron chi connectivity index (χ2n) is 3.31. The quantitative estimate of drug-likeness (QED) is 0.732. The fourth-order valence-corrected chi connectivity index (χ4v) is 3.56. The van der Waals surface area contributed by atoms with E-state index in [0.29, 0.717) is 4.90 Å². The summed E-state index contributed by atoms with van der Waals surface area (Å²) in [7, 11) is -3.11. The molecule has 0 aliphatic carbocycles. The second-order valence-corrected chi connectivity index (χ2v) is 6.11. The van der Waals surface area contributed by atoms with Crippen LogP contribution in [-0.2, 0) is 9.84 Å². The van der Waals surface area contributed by atoms with Crippen molar-refractivity contribution < 1.29 is 8.42 Å². The zero-order valence-corrected chi connectivity index (χ0v) is 10.4. The Morgan fingerprint density at radius 3 is 2.21 bits per heavy atom. The van der Waals surface area contributed by atoms with Gasteiger partial charge in [-0.1, -0.05) is 6.07 Å². The van der Waals surface area contributed by atoms with Crippen LogP contribution >= 0.6 is 11.8 Å². The third-order valence-electron chi connectivity index (χ3n) is 2.24. The number of hydrogen-bond donors (Lipinski definition) is 0. The molecule has 4 heteroatoms. The van der Waals surface area contributed by atoms with E-state index < -0.39 is 9.84 Å². The summed E-state index contributed by atoms with van der Waals surface area (Å²) >= 11 is 1.48. The van der Waals surface area contributed by atoms with Crippen LogP contribution in [0.5, 0.6) is 0 Å². The normalized spacial score (nSPS) is 11.7. The first-order valence-electron chi connectivity index (χ1n) is 4.22. The standard InChI is InChI=1S/C10H14O2S2/c1-7-5-6-9(14(4,11)12)10(13-3)8(7)2/h5-6H,1-4H3. The van der Waals surface area contributed by atoms with E-state index >= 15 is 0 Å². The van der Waals surface area contributed by atoms with E-state index in [2.05, 4.69) is 0 Å². The molecule has 0 spiro atoms. The maximum absolute atomic E-state index is 11.5. The van der Waals surface area contributed by atoms with Gasteiger partial charge in [0.2, 0.25) is 0 Å². The van der Waals surface area contributed by atoms with Crippen molar-refractivity contribution in [2.24, 2.45) is 0 Å². The summed E-state index contributed by atoms with van der Waals surface area (Å²) in [6.45, 7) is 3.94. The van der Waals surface area contributed by atoms with Crippen molar-refractivity contribution in [2.75, 3.05) is 12.5 Å². The van der Waals surface area contributed by atoms with Gasteiger partial charge in [0, 0.05) is 11.2 Å². The highest BCUT2D eigenvalue weighted by molar-refractivity contribution is 7.99. The van der Waals surface area contributed by atoms with Gasteiger partial charge >= 0.3 is 0 Å². The summed E-state index contributed by atoms with van der Waals surface area (Å²) in [5, 5.41) is 0. The van der Waals surface area contributed by atoms with E-state index in [4.69, 9.17) is 0 Å². The maximum atomic E-state index is 11.5. The van der Waals surface area contributed by atoms with Crippen molar-refractivity contribution in [1.29, 1.82) is 0 Å². The van der Waals surface area contributed by atoms with Crippen molar-refractivity contribution >= 4 is 21.6 Å². The van der Waals surface area contributed by atoms with E-state index in [1.54, 1.807) is 6.07 Å². The lowest BCUT2D eigenvalue weighted by Gasteiger charge is -2.10. The summed E-state index contributed by atoms with van der Waals surface area (Å²) in [5.74, 6) is 0. The van der Waals surface area contributed by atoms with Crippen LogP contribution in [0.3, 0.4) is 0 Å². The summed E-state index contributed by atoms with van der Waals surface area (Å²) in [6.07, 6.45) is 3.15. The molecule has 1 aromatic carbocycles. The van der Waals surface area contributed by atoms with Crippen molar-refractivity contribution in [1.82, 2.24) is 0 Å². The fourth-order valence-electron chi connectivity index (χ4n) is 1.31. The van der Waals surface area contributed by atoms with Gasteiger partial charge in [-0.25, -0.2) is 8.42 Å². The lowest BCUT2D eigenvalue weighted by atomic mass is 10.1. The molecule has 0 radical (unpaired) electrons. The fraction of sp³-hybridized carbons (Fsp3) is 0.400. The van der Waals surface area contributed by atoms with Gasteiger partial charge < -0.3 is 0 Å². The largest absolute Gasteiger partial charge is 0.224 e. The van der Waals surface area contributed by atoms with Crippen LogP contribution in [-0.4, -0.2) is 20.9 Å². The van der Waals surface area contributed by atoms with Gasteiger partial charge in [-0.15, -0.1) is 11.8 Å². The maximum Gasteiger partial charge on any atom is 0.176 e. The summed E-state index contributed by atoms with van der Waals surface area (Å²) < 4.78 is 22.9. The van der Waals surface area contributed by atoms with Crippen LogP contribution in [0.1, 0.15) is 11.1 Å². The van der Waals surface area contributed by atoms with Gasteiger partial charge in [-0.2, -0.15) is 0 Å². The Morgan fingerprint density at radius 2 is 1.79 bits per heavy atom. The van der Waals surface area contributed by atoms with Gasteiger partial charge in [0.15, 0.2) is 9.84 Å². The van der Waals surface area contributed by atoms with Crippen molar-refractivity contribution in [3.8, 4) is 0 Å². The van der Waals surface area contributed by atoms with Crippen LogP contribution in [0.4, 0.5) is 0 Å². The molecule has 0 unspecified atom stereocenters. The van der Waals surface area contributed by atoms with Crippen molar-refractivity contribution in [2.45, 2.75) is 23.6 Å². The highest BCUT2D eigenvalue weighted by Crippen LogP contribution is 2.29. The minimum absolute atomic E-state index is 0.438. The molecule has 0 bridgehead atoms. The molecule has 14 heavy (non-hydrogen) atoms. The smallest absolute Gasteiger partial charge is 0.176 e. The molecular weight excluding hydrogens is 216 g/mol. The molecule has 0 amide bonds. The van der Waals surface area contributed by atoms with Crippen LogP contribution in [0.25, 0.3) is 0 Å². The van der Waals surface area contributed by atoms with E-state index in [1.807, 2.05) is 26.2 Å². The Hall–Kier alpha value is -0.480. The molecule has 0 N–H and O–H groups in total. The van der Waals surface area contributed by atoms with Crippen LogP contribution in [0.15, 0.2) is 21.9 Å². The average molecular weight is 230 g/mol. The highest BCUT2D eigenvalue weighted by atomic mass is 32.2. The predicted octanol–water partition coefficient (Wildman–Crippen LogP) is 2.43. The third kappa shape index (κ3) is 2.12. The molecule has 2 nitrogen and oxygen atoms in total. The molecule has 0 saturated carbocycles. The third-order valence-corrected chi connectivity index (χ3v) is 4.45. The number of hydrogen-bond acceptors (Lipinski definition) is 3. The van der Waals surface area contributed by atoms with Crippen molar-refractivity contribution in [3.05, 3.63) is 23.3 Å². The molecule has 0 aromatic heterocycles. The zero-order valence-electron chi connectivity index (χ0n) is 8.79. The van der Waals surface area contributed by atoms with Gasteiger partial charge in [-0.3, -0.25) is 0 Å². The Labute approximate surface area is 89.6 Å². The molecule has 0 heterocycles. The van der Waals surface area contributed by atoms with Gasteiger partial charge in [0.1, 0.15) is 0 Å². The zero-order chi connectivity index (χ0) is 10.9. The summed E-state index contributed by atoms with van der Waals surface area (Å²) in [6, 6.07) is 3.54. The Balaban J connectivity index is 3.55. The number of aryl methyl sites for hydroxylation is 1. The molecular formula is C10H14O2S2. The molecule has 0 aliphatic heterocycles. The first-order valence-corrected chi connectivity index (χ1v) is 7.33. The van der Waals surface area contributed by atoms with Crippen LogP contribution < -0.4 is 0 Å². The highest BCUT2D eigenvalue weighted by Gasteiger charge is 2.15. The monoisotopic (exact) mass is 230 g/mol. The van der Waals surface area contributed by atoms with Crippen molar-refractivity contribution in [3.63, 3.8) is 0 Å². The topological polar surface area (TPSA) is 34.1 Å². The number of thioether (sulfide) groups is 1. The Kier molecular flexibility index (Phi) is 3.27. The minimum atomic E-state index is -3.11. The first-order chi connectivity index (χ1) is 6.38. The molecule has 0 atom stereocenters. The Morgan fingerprint density at radius 1 is 1.21 bits per heavy atom. The lowest BCUT2D eigenvalue weighted by molar-refractivity contribution is 0.599. The first kappa shape index (κ1) is 11.6. The molecule has 0 aliphatic rings. The lowest BCUT2D eigenvalue weighted by Crippen LogP contribution is -2.01. The van der Waals surface area contributed by atoms with Gasteiger partial charge in [0.25, 0.3) is 0 Å². The van der Waals surface area contributed by atoms with E-state index in [-0.39, 0.29) is 0 Å².